The van der Waals surface area contributed by atoms with Crippen LogP contribution in [0.25, 0.3) is 0 Å². The van der Waals surface area contributed by atoms with Gasteiger partial charge in [-0.2, -0.15) is 0 Å². The van der Waals surface area contributed by atoms with Crippen LogP contribution in [0.2, 0.25) is 0 Å². The Hall–Kier alpha value is -3.93. The van der Waals surface area contributed by atoms with Crippen LogP contribution in [-0.2, 0) is 14.3 Å². The van der Waals surface area contributed by atoms with Crippen LogP contribution >= 0.6 is 0 Å². The van der Waals surface area contributed by atoms with E-state index in [4.69, 9.17) is 9.47 Å². The minimum absolute atomic E-state index is 0.166. The second-order valence-electron chi connectivity index (χ2n) is 18.3. The minimum Gasteiger partial charge on any atom is -0.394 e. The van der Waals surface area contributed by atoms with E-state index < -0.39 is 49.5 Å². The van der Waals surface area contributed by atoms with E-state index in [1.165, 1.54) is 38.5 Å². The first-order valence-corrected chi connectivity index (χ1v) is 27.5. The maximum atomic E-state index is 13.0. The molecule has 0 aliphatic carbocycles. The molecule has 0 saturated carbocycles. The summed E-state index contributed by atoms with van der Waals surface area (Å²) in [6.07, 6.45) is 70.4. The highest BCUT2D eigenvalue weighted by Crippen LogP contribution is 2.23. The maximum absolute atomic E-state index is 13.0. The largest absolute Gasteiger partial charge is 0.394 e. The number of aliphatic hydroxyl groups excluding tert-OH is 5. The molecule has 400 valence electrons. The third-order valence-electron chi connectivity index (χ3n) is 12.0. The maximum Gasteiger partial charge on any atom is 0.220 e. The number of hydrogen-bond donors (Lipinski definition) is 6. The van der Waals surface area contributed by atoms with E-state index in [-0.39, 0.29) is 12.5 Å². The molecule has 9 heteroatoms. The summed E-state index contributed by atoms with van der Waals surface area (Å²) >= 11 is 0. The van der Waals surface area contributed by atoms with Gasteiger partial charge in [0.15, 0.2) is 6.29 Å². The van der Waals surface area contributed by atoms with Gasteiger partial charge in [0.1, 0.15) is 24.4 Å². The van der Waals surface area contributed by atoms with Gasteiger partial charge in [-0.05, 0) is 103 Å². The van der Waals surface area contributed by atoms with E-state index in [1.54, 1.807) is 0 Å². The third kappa shape index (κ3) is 39.3. The first-order valence-electron chi connectivity index (χ1n) is 27.5. The quantitative estimate of drug-likeness (QED) is 0.0261. The zero-order valence-corrected chi connectivity index (χ0v) is 44.2. The van der Waals surface area contributed by atoms with Crippen molar-refractivity contribution in [2.45, 2.75) is 224 Å². The van der Waals surface area contributed by atoms with Crippen molar-refractivity contribution in [1.82, 2.24) is 5.32 Å². The molecule has 0 radical (unpaired) electrons. The summed E-state index contributed by atoms with van der Waals surface area (Å²) in [6, 6.07) is -0.751. The SMILES string of the molecule is CC/C=C\C/C=C\C/C=C\C/C=C\C/C=C\C/C=C\C/C=C\C/C=C\C/C=C\C/C=C\C/C=C\C/C=C\CCCCC(=O)NC(COC1OC(CO)C(O)C(O)C1O)C(O)CCCCCCCCCCC. The van der Waals surface area contributed by atoms with Crippen LogP contribution in [0.3, 0.4) is 0 Å². The molecule has 1 aliphatic heterocycles. The zero-order chi connectivity index (χ0) is 51.5. The molecule has 1 fully saturated rings. The smallest absolute Gasteiger partial charge is 0.220 e. The van der Waals surface area contributed by atoms with Crippen LogP contribution in [0.5, 0.6) is 0 Å². The first kappa shape index (κ1) is 65.1. The van der Waals surface area contributed by atoms with E-state index in [0.29, 0.717) is 19.3 Å². The molecule has 0 spiro atoms. The Morgan fingerprint density at radius 1 is 0.493 bits per heavy atom. The van der Waals surface area contributed by atoms with Crippen molar-refractivity contribution >= 4 is 5.91 Å². The van der Waals surface area contributed by atoms with Gasteiger partial charge in [0.05, 0.1) is 25.4 Å². The molecule has 71 heavy (non-hydrogen) atoms. The van der Waals surface area contributed by atoms with Crippen molar-refractivity contribution in [3.05, 3.63) is 146 Å². The minimum atomic E-state index is -1.57. The van der Waals surface area contributed by atoms with Crippen LogP contribution < -0.4 is 5.32 Å². The van der Waals surface area contributed by atoms with Crippen LogP contribution in [0.4, 0.5) is 0 Å². The lowest BCUT2D eigenvalue weighted by Crippen LogP contribution is -2.60. The van der Waals surface area contributed by atoms with Gasteiger partial charge >= 0.3 is 0 Å². The van der Waals surface area contributed by atoms with Crippen LogP contribution in [0.1, 0.15) is 181 Å². The number of ether oxygens (including phenoxy) is 2. The van der Waals surface area contributed by atoms with Crippen molar-refractivity contribution in [2.24, 2.45) is 0 Å². The van der Waals surface area contributed by atoms with Crippen molar-refractivity contribution in [2.75, 3.05) is 13.2 Å². The molecule has 1 aliphatic rings. The summed E-state index contributed by atoms with van der Waals surface area (Å²) in [5.41, 5.74) is 0. The lowest BCUT2D eigenvalue weighted by molar-refractivity contribution is -0.302. The Bertz CT molecular complexity index is 1610. The van der Waals surface area contributed by atoms with E-state index in [0.717, 1.165) is 109 Å². The van der Waals surface area contributed by atoms with Crippen LogP contribution in [0.15, 0.2) is 146 Å². The molecule has 0 aromatic rings. The number of carbonyl (C=O) groups excluding carboxylic acids is 1. The Kier molecular flexibility index (Phi) is 45.5. The Labute approximate surface area is 432 Å². The Morgan fingerprint density at radius 3 is 1.27 bits per heavy atom. The van der Waals surface area contributed by atoms with Gasteiger partial charge < -0.3 is 40.3 Å². The van der Waals surface area contributed by atoms with E-state index in [2.05, 4.69) is 165 Å². The van der Waals surface area contributed by atoms with Gasteiger partial charge in [0.25, 0.3) is 0 Å². The predicted molar refractivity (Wildman–Crippen MR) is 299 cm³/mol. The Balaban J connectivity index is 2.19. The van der Waals surface area contributed by atoms with Crippen molar-refractivity contribution in [3.8, 4) is 0 Å². The summed E-state index contributed by atoms with van der Waals surface area (Å²) in [4.78, 5) is 13.0. The Morgan fingerprint density at radius 2 is 0.873 bits per heavy atom. The monoisotopic (exact) mass is 986 g/mol. The highest BCUT2D eigenvalue weighted by atomic mass is 16.7. The topological polar surface area (TPSA) is 149 Å². The average Bonchev–Trinajstić information content (AvgIpc) is 3.37. The number of rotatable bonds is 44. The fraction of sp³-hybridized carbons (Fsp3) is 0.597. The number of carbonyl (C=O) groups is 1. The molecular weight excluding hydrogens is 887 g/mol. The van der Waals surface area contributed by atoms with E-state index in [9.17, 15) is 30.3 Å². The van der Waals surface area contributed by atoms with Gasteiger partial charge in [0, 0.05) is 6.42 Å². The molecule has 7 unspecified atom stereocenters. The molecule has 0 aromatic heterocycles. The lowest BCUT2D eigenvalue weighted by Gasteiger charge is -2.40. The third-order valence-corrected chi connectivity index (χ3v) is 12.0. The van der Waals surface area contributed by atoms with E-state index in [1.807, 2.05) is 0 Å². The zero-order valence-electron chi connectivity index (χ0n) is 44.2. The predicted octanol–water partition coefficient (Wildman–Crippen LogP) is 13.5. The molecule has 1 heterocycles. The summed E-state index contributed by atoms with van der Waals surface area (Å²) in [6.45, 7) is 3.64. The fourth-order valence-corrected chi connectivity index (χ4v) is 7.61. The number of aliphatic hydroxyl groups is 5. The molecule has 1 rings (SSSR count). The number of unbranched alkanes of at least 4 members (excludes halogenated alkanes) is 10. The number of hydrogen-bond acceptors (Lipinski definition) is 8. The number of amides is 1. The highest BCUT2D eigenvalue weighted by Gasteiger charge is 2.44. The van der Waals surface area contributed by atoms with Gasteiger partial charge in [-0.25, -0.2) is 0 Å². The summed E-state index contributed by atoms with van der Waals surface area (Å²) in [5.74, 6) is -0.196. The molecule has 0 aromatic carbocycles. The molecule has 9 nitrogen and oxygen atoms in total. The molecule has 6 N–H and O–H groups in total. The number of nitrogens with one attached hydrogen (secondary N) is 1. The van der Waals surface area contributed by atoms with Gasteiger partial charge in [-0.15, -0.1) is 0 Å². The lowest BCUT2D eigenvalue weighted by atomic mass is 9.99. The summed E-state index contributed by atoms with van der Waals surface area (Å²) < 4.78 is 11.2. The van der Waals surface area contributed by atoms with Gasteiger partial charge in [0.2, 0.25) is 5.91 Å². The van der Waals surface area contributed by atoms with E-state index >= 15 is 0 Å². The van der Waals surface area contributed by atoms with Crippen LogP contribution in [-0.4, -0.2) is 87.5 Å². The van der Waals surface area contributed by atoms with Crippen LogP contribution in [0, 0.1) is 0 Å². The molecule has 1 saturated heterocycles. The fourth-order valence-electron chi connectivity index (χ4n) is 7.61. The number of allylic oxidation sites excluding steroid dienone is 24. The molecular formula is C62H99NO8. The summed E-state index contributed by atoms with van der Waals surface area (Å²) in [5, 5.41) is 54.3. The van der Waals surface area contributed by atoms with Crippen molar-refractivity contribution in [1.29, 1.82) is 0 Å². The van der Waals surface area contributed by atoms with Gasteiger partial charge in [-0.1, -0.05) is 217 Å². The van der Waals surface area contributed by atoms with Crippen molar-refractivity contribution in [3.63, 3.8) is 0 Å². The highest BCUT2D eigenvalue weighted by molar-refractivity contribution is 5.76. The standard InChI is InChI=1S/C62H99NO8/c1-3-5-7-9-11-13-14-15-16-17-18-19-20-21-22-23-24-25-26-27-28-29-30-31-32-33-34-35-36-37-38-39-40-41-42-44-46-48-50-52-58(66)63-55(56(65)51-49-47-45-43-12-10-8-6-4-2)54-70-62-61(69)60(68)59(67)57(53-64)71-62/h5,7,11,13,15-16,18-19,21-22,24-25,27-28,30-31,33-34,36-37,39-40,42,44,55-57,59-62,64-65,67-69H,3-4,6,8-10,12,14,17,20,23,26,29,32,35,38,41,43,45-54H2,1-2H3,(H,63,66)/b7-5-,13-11-,16-15-,19-18-,22-21-,25-24-,28-27-,31-30-,34-33-,37-36-,40-39-,44-42-. The molecule has 0 bridgehead atoms. The normalized spacial score (nSPS) is 20.5. The van der Waals surface area contributed by atoms with Crippen molar-refractivity contribution < 1.29 is 39.8 Å². The summed E-state index contributed by atoms with van der Waals surface area (Å²) in [7, 11) is 0. The second-order valence-corrected chi connectivity index (χ2v) is 18.3. The molecule has 1 amide bonds. The first-order chi connectivity index (χ1) is 34.8. The second kappa shape index (κ2) is 49.6. The average molecular weight is 986 g/mol. The van der Waals surface area contributed by atoms with Gasteiger partial charge in [-0.3, -0.25) is 4.79 Å². The molecule has 7 atom stereocenters.